The van der Waals surface area contributed by atoms with Crippen LogP contribution in [0.4, 0.5) is 0 Å². The topological polar surface area (TPSA) is 59.5 Å². The summed E-state index contributed by atoms with van der Waals surface area (Å²) in [7, 11) is 1.88. The summed E-state index contributed by atoms with van der Waals surface area (Å²) in [6.07, 6.45) is 7.47. The molecular weight excluding hydrogens is 216 g/mol. The fourth-order valence-electron chi connectivity index (χ4n) is 2.44. The van der Waals surface area contributed by atoms with Crippen molar-refractivity contribution in [2.24, 2.45) is 5.73 Å². The van der Waals surface area contributed by atoms with Crippen molar-refractivity contribution in [3.8, 4) is 0 Å². The molecule has 17 heavy (non-hydrogen) atoms. The van der Waals surface area contributed by atoms with Gasteiger partial charge < -0.3 is 15.1 Å². The molecule has 2 N–H and O–H groups in total. The lowest BCUT2D eigenvalue weighted by molar-refractivity contribution is 0.0695. The Kier molecular flexibility index (Phi) is 3.84. The third-order valence-corrected chi connectivity index (χ3v) is 3.54. The van der Waals surface area contributed by atoms with Gasteiger partial charge in [-0.15, -0.1) is 0 Å². The number of amides is 1. The Morgan fingerprint density at radius 3 is 2.76 bits per heavy atom. The average molecular weight is 236 g/mol. The Labute approximate surface area is 102 Å². The lowest BCUT2D eigenvalue weighted by Gasteiger charge is -2.30. The number of furan rings is 1. The summed E-state index contributed by atoms with van der Waals surface area (Å²) in [4.78, 5) is 14.0. The Bertz CT molecular complexity index is 381. The van der Waals surface area contributed by atoms with E-state index in [9.17, 15) is 4.79 Å². The largest absolute Gasteiger partial charge is 0.467 e. The number of nitrogens with two attached hydrogens (primary N) is 1. The lowest BCUT2D eigenvalue weighted by atomic mass is 9.94. The molecule has 1 fully saturated rings. The van der Waals surface area contributed by atoms with Crippen LogP contribution in [0, 0.1) is 0 Å². The van der Waals surface area contributed by atoms with Crippen LogP contribution in [-0.4, -0.2) is 23.9 Å². The minimum absolute atomic E-state index is 0.0420. The second-order valence-electron chi connectivity index (χ2n) is 4.71. The first-order chi connectivity index (χ1) is 8.22. The molecule has 0 aliphatic heterocycles. The Balaban J connectivity index is 2.02. The van der Waals surface area contributed by atoms with E-state index in [2.05, 4.69) is 0 Å². The van der Waals surface area contributed by atoms with Gasteiger partial charge in [-0.05, 0) is 18.9 Å². The first-order valence-corrected chi connectivity index (χ1v) is 6.27. The minimum atomic E-state index is 0.0420. The SMILES string of the molecule is CN(C(=O)c1coc(CN)c1)C1CCCCC1. The molecule has 0 atom stereocenters. The summed E-state index contributed by atoms with van der Waals surface area (Å²) in [6.45, 7) is 0.334. The van der Waals surface area contributed by atoms with E-state index in [4.69, 9.17) is 10.2 Å². The van der Waals surface area contributed by atoms with Gasteiger partial charge in [-0.25, -0.2) is 0 Å². The molecule has 0 spiro atoms. The highest BCUT2D eigenvalue weighted by atomic mass is 16.3. The predicted molar refractivity (Wildman–Crippen MR) is 65.6 cm³/mol. The van der Waals surface area contributed by atoms with Crippen molar-refractivity contribution in [2.75, 3.05) is 7.05 Å². The van der Waals surface area contributed by atoms with E-state index in [1.165, 1.54) is 25.5 Å². The molecule has 0 radical (unpaired) electrons. The first kappa shape index (κ1) is 12.2. The monoisotopic (exact) mass is 236 g/mol. The van der Waals surface area contributed by atoms with Gasteiger partial charge in [0.05, 0.1) is 12.1 Å². The molecule has 0 aromatic carbocycles. The van der Waals surface area contributed by atoms with Crippen LogP contribution >= 0.6 is 0 Å². The zero-order valence-corrected chi connectivity index (χ0v) is 10.3. The van der Waals surface area contributed by atoms with E-state index in [0.29, 0.717) is 23.9 Å². The molecule has 4 heteroatoms. The van der Waals surface area contributed by atoms with Gasteiger partial charge in [0.15, 0.2) is 0 Å². The fourth-order valence-corrected chi connectivity index (χ4v) is 2.44. The molecule has 94 valence electrons. The predicted octanol–water partition coefficient (Wildman–Crippen LogP) is 2.14. The van der Waals surface area contributed by atoms with Crippen molar-refractivity contribution >= 4 is 5.91 Å². The maximum atomic E-state index is 12.2. The number of hydrogen-bond donors (Lipinski definition) is 1. The molecular formula is C13H20N2O2. The molecule has 1 aliphatic carbocycles. The standard InChI is InChI=1S/C13H20N2O2/c1-15(11-5-3-2-4-6-11)13(16)10-7-12(8-14)17-9-10/h7,9,11H,2-6,8,14H2,1H3. The highest BCUT2D eigenvalue weighted by Crippen LogP contribution is 2.23. The number of carbonyl (C=O) groups excluding carboxylic acids is 1. The van der Waals surface area contributed by atoms with Crippen LogP contribution in [-0.2, 0) is 6.54 Å². The van der Waals surface area contributed by atoms with Crippen molar-refractivity contribution < 1.29 is 9.21 Å². The van der Waals surface area contributed by atoms with Crippen LogP contribution in [0.2, 0.25) is 0 Å². The van der Waals surface area contributed by atoms with Crippen LogP contribution in [0.5, 0.6) is 0 Å². The van der Waals surface area contributed by atoms with Gasteiger partial charge in [-0.3, -0.25) is 4.79 Å². The Morgan fingerprint density at radius 1 is 1.47 bits per heavy atom. The van der Waals surface area contributed by atoms with Crippen LogP contribution in [0.15, 0.2) is 16.7 Å². The summed E-state index contributed by atoms with van der Waals surface area (Å²) in [6, 6.07) is 2.12. The zero-order chi connectivity index (χ0) is 12.3. The summed E-state index contributed by atoms with van der Waals surface area (Å²) < 4.78 is 5.20. The second-order valence-corrected chi connectivity index (χ2v) is 4.71. The molecule has 0 saturated heterocycles. The van der Waals surface area contributed by atoms with E-state index in [0.717, 1.165) is 12.8 Å². The van der Waals surface area contributed by atoms with Crippen LogP contribution in [0.25, 0.3) is 0 Å². The summed E-state index contributed by atoms with van der Waals surface area (Å²) in [5.41, 5.74) is 6.07. The van der Waals surface area contributed by atoms with Crippen LogP contribution in [0.1, 0.15) is 48.2 Å². The van der Waals surface area contributed by atoms with Crippen molar-refractivity contribution in [3.63, 3.8) is 0 Å². The Morgan fingerprint density at radius 2 is 2.18 bits per heavy atom. The Hall–Kier alpha value is -1.29. The minimum Gasteiger partial charge on any atom is -0.467 e. The highest BCUT2D eigenvalue weighted by molar-refractivity contribution is 5.94. The average Bonchev–Trinajstić information content (AvgIpc) is 2.87. The number of carbonyl (C=O) groups is 1. The molecule has 1 aliphatic rings. The molecule has 1 saturated carbocycles. The highest BCUT2D eigenvalue weighted by Gasteiger charge is 2.23. The molecule has 1 aromatic rings. The smallest absolute Gasteiger partial charge is 0.257 e. The van der Waals surface area contributed by atoms with E-state index in [1.54, 1.807) is 6.07 Å². The van der Waals surface area contributed by atoms with Gasteiger partial charge in [0.2, 0.25) is 0 Å². The van der Waals surface area contributed by atoms with Gasteiger partial charge >= 0.3 is 0 Å². The zero-order valence-electron chi connectivity index (χ0n) is 10.3. The van der Waals surface area contributed by atoms with E-state index < -0.39 is 0 Å². The third kappa shape index (κ3) is 2.69. The number of rotatable bonds is 3. The summed E-state index contributed by atoms with van der Waals surface area (Å²) in [5.74, 6) is 0.700. The molecule has 4 nitrogen and oxygen atoms in total. The number of nitrogens with zero attached hydrogens (tertiary/aromatic N) is 1. The van der Waals surface area contributed by atoms with Gasteiger partial charge in [0.1, 0.15) is 12.0 Å². The molecule has 1 aromatic heterocycles. The quantitative estimate of drug-likeness (QED) is 0.874. The van der Waals surface area contributed by atoms with E-state index in [-0.39, 0.29) is 5.91 Å². The van der Waals surface area contributed by atoms with Gasteiger partial charge in [0.25, 0.3) is 5.91 Å². The van der Waals surface area contributed by atoms with Crippen molar-refractivity contribution in [2.45, 2.75) is 44.7 Å². The molecule has 2 rings (SSSR count). The molecule has 1 amide bonds. The van der Waals surface area contributed by atoms with Crippen molar-refractivity contribution in [1.29, 1.82) is 0 Å². The van der Waals surface area contributed by atoms with Gasteiger partial charge in [-0.1, -0.05) is 19.3 Å². The van der Waals surface area contributed by atoms with Gasteiger partial charge in [-0.2, -0.15) is 0 Å². The normalized spacial score (nSPS) is 17.1. The maximum Gasteiger partial charge on any atom is 0.257 e. The van der Waals surface area contributed by atoms with Crippen LogP contribution in [0.3, 0.4) is 0 Å². The van der Waals surface area contributed by atoms with E-state index in [1.807, 2.05) is 11.9 Å². The van der Waals surface area contributed by atoms with Gasteiger partial charge in [0, 0.05) is 13.1 Å². The first-order valence-electron chi connectivity index (χ1n) is 6.27. The summed E-state index contributed by atoms with van der Waals surface area (Å²) >= 11 is 0. The lowest BCUT2D eigenvalue weighted by Crippen LogP contribution is -2.38. The third-order valence-electron chi connectivity index (χ3n) is 3.54. The number of hydrogen-bond acceptors (Lipinski definition) is 3. The molecule has 0 unspecified atom stereocenters. The van der Waals surface area contributed by atoms with Crippen molar-refractivity contribution in [3.05, 3.63) is 23.7 Å². The molecule has 0 bridgehead atoms. The maximum absolute atomic E-state index is 12.2. The second kappa shape index (κ2) is 5.36. The van der Waals surface area contributed by atoms with Crippen molar-refractivity contribution in [1.82, 2.24) is 4.90 Å². The summed E-state index contributed by atoms with van der Waals surface area (Å²) in [5, 5.41) is 0. The van der Waals surface area contributed by atoms with E-state index >= 15 is 0 Å². The van der Waals surface area contributed by atoms with Crippen LogP contribution < -0.4 is 5.73 Å². The molecule has 1 heterocycles. The fraction of sp³-hybridized carbons (Fsp3) is 0.615.